The molecule has 5 rings (SSSR count). The predicted molar refractivity (Wildman–Crippen MR) is 115 cm³/mol. The van der Waals surface area contributed by atoms with Gasteiger partial charge in [-0.25, -0.2) is 9.96 Å². The second-order valence-corrected chi connectivity index (χ2v) is 7.94. The van der Waals surface area contributed by atoms with E-state index >= 15 is 0 Å². The van der Waals surface area contributed by atoms with Crippen molar-refractivity contribution in [3.63, 3.8) is 0 Å². The van der Waals surface area contributed by atoms with Crippen molar-refractivity contribution in [2.45, 2.75) is 19.1 Å². The zero-order valence-corrected chi connectivity index (χ0v) is 17.0. The standard InChI is InChI=1S/C24H19ClN2O3/c1-15-7-5-6-10-19(15)21-20-22(30-27(21)18-8-3-2-4-9-18)24(29)26(23(20)28)17-13-11-16(25)12-14-17/h2-14,20-22H,1H3/t20-,21+,22+/m0/s1. The van der Waals surface area contributed by atoms with Crippen LogP contribution in [0.3, 0.4) is 0 Å². The predicted octanol–water partition coefficient (Wildman–Crippen LogP) is 4.70. The van der Waals surface area contributed by atoms with Gasteiger partial charge in [-0.1, -0.05) is 54.1 Å². The number of nitrogens with zero attached hydrogens (tertiary/aromatic N) is 2. The molecule has 0 saturated carbocycles. The summed E-state index contributed by atoms with van der Waals surface area (Å²) in [6.07, 6.45) is -0.877. The maximum absolute atomic E-state index is 13.5. The molecular formula is C24H19ClN2O3. The molecule has 150 valence electrons. The van der Waals surface area contributed by atoms with Gasteiger partial charge >= 0.3 is 0 Å². The quantitative estimate of drug-likeness (QED) is 0.578. The Morgan fingerprint density at radius 1 is 0.800 bits per heavy atom. The zero-order chi connectivity index (χ0) is 20.8. The van der Waals surface area contributed by atoms with Gasteiger partial charge in [0.1, 0.15) is 5.92 Å². The van der Waals surface area contributed by atoms with E-state index in [-0.39, 0.29) is 11.8 Å². The molecule has 0 spiro atoms. The summed E-state index contributed by atoms with van der Waals surface area (Å²) in [5.41, 5.74) is 3.31. The van der Waals surface area contributed by atoms with Gasteiger partial charge < -0.3 is 0 Å². The molecule has 6 heteroatoms. The van der Waals surface area contributed by atoms with Gasteiger partial charge in [0, 0.05) is 5.02 Å². The van der Waals surface area contributed by atoms with Crippen molar-refractivity contribution in [3.05, 3.63) is 95.0 Å². The number of para-hydroxylation sites is 1. The van der Waals surface area contributed by atoms with Crippen molar-refractivity contribution in [2.75, 3.05) is 9.96 Å². The van der Waals surface area contributed by atoms with Crippen molar-refractivity contribution >= 4 is 34.8 Å². The Morgan fingerprint density at radius 2 is 1.47 bits per heavy atom. The van der Waals surface area contributed by atoms with Crippen LogP contribution in [0.25, 0.3) is 0 Å². The smallest absolute Gasteiger partial charge is 0.266 e. The molecule has 0 unspecified atom stereocenters. The van der Waals surface area contributed by atoms with Gasteiger partial charge in [-0.15, -0.1) is 0 Å². The third kappa shape index (κ3) is 2.90. The summed E-state index contributed by atoms with van der Waals surface area (Å²) < 4.78 is 0. The maximum atomic E-state index is 13.5. The second-order valence-electron chi connectivity index (χ2n) is 7.50. The van der Waals surface area contributed by atoms with E-state index in [9.17, 15) is 9.59 Å². The number of aryl methyl sites for hydroxylation is 1. The molecule has 0 aliphatic carbocycles. The van der Waals surface area contributed by atoms with E-state index < -0.39 is 18.1 Å². The SMILES string of the molecule is Cc1ccccc1[C@@H]1[C@@H]2C(=O)N(c3ccc(Cl)cc3)C(=O)[C@@H]2ON1c1ccccc1. The summed E-state index contributed by atoms with van der Waals surface area (Å²) in [7, 11) is 0. The molecule has 2 aliphatic rings. The van der Waals surface area contributed by atoms with E-state index in [1.54, 1.807) is 29.3 Å². The number of imide groups is 1. The number of hydroxylamine groups is 1. The molecule has 3 aromatic rings. The Hall–Kier alpha value is -3.15. The van der Waals surface area contributed by atoms with E-state index in [1.165, 1.54) is 4.90 Å². The topological polar surface area (TPSA) is 49.9 Å². The van der Waals surface area contributed by atoms with E-state index in [4.69, 9.17) is 16.4 Å². The van der Waals surface area contributed by atoms with Gasteiger partial charge in [0.15, 0.2) is 6.10 Å². The number of amides is 2. The number of halogens is 1. The number of carbonyl (C=O) groups is 2. The first kappa shape index (κ1) is 18.9. The average Bonchev–Trinajstić information content (AvgIpc) is 3.26. The van der Waals surface area contributed by atoms with E-state index in [0.29, 0.717) is 10.7 Å². The summed E-state index contributed by atoms with van der Waals surface area (Å²) in [6.45, 7) is 2.00. The molecule has 2 heterocycles. The fourth-order valence-electron chi connectivity index (χ4n) is 4.29. The molecule has 2 amide bonds. The number of benzene rings is 3. The van der Waals surface area contributed by atoms with Crippen LogP contribution in [0.5, 0.6) is 0 Å². The Morgan fingerprint density at radius 3 is 2.17 bits per heavy atom. The van der Waals surface area contributed by atoms with E-state index in [0.717, 1.165) is 16.8 Å². The van der Waals surface area contributed by atoms with E-state index in [1.807, 2.05) is 61.5 Å². The Bertz CT molecular complexity index is 1120. The molecule has 0 N–H and O–H groups in total. The van der Waals surface area contributed by atoms with Crippen LogP contribution in [0.15, 0.2) is 78.9 Å². The van der Waals surface area contributed by atoms with Crippen LogP contribution < -0.4 is 9.96 Å². The molecule has 2 aliphatic heterocycles. The lowest BCUT2D eigenvalue weighted by molar-refractivity contribution is -0.126. The highest BCUT2D eigenvalue weighted by Gasteiger charge is 2.60. The molecule has 0 bridgehead atoms. The highest BCUT2D eigenvalue weighted by Crippen LogP contribution is 2.48. The van der Waals surface area contributed by atoms with Gasteiger partial charge in [0.25, 0.3) is 5.91 Å². The van der Waals surface area contributed by atoms with Gasteiger partial charge in [0.2, 0.25) is 5.91 Å². The Labute approximate surface area is 179 Å². The Kier molecular flexibility index (Phi) is 4.57. The van der Waals surface area contributed by atoms with Crippen LogP contribution in [0.2, 0.25) is 5.02 Å². The van der Waals surface area contributed by atoms with Crippen molar-refractivity contribution in [3.8, 4) is 0 Å². The highest BCUT2D eigenvalue weighted by molar-refractivity contribution is 6.31. The molecule has 5 nitrogen and oxygen atoms in total. The van der Waals surface area contributed by atoms with Crippen LogP contribution in [0.1, 0.15) is 17.2 Å². The van der Waals surface area contributed by atoms with Crippen LogP contribution in [0, 0.1) is 12.8 Å². The minimum Gasteiger partial charge on any atom is -0.273 e. The first-order valence-corrected chi connectivity index (χ1v) is 10.1. The first-order chi connectivity index (χ1) is 14.6. The van der Waals surface area contributed by atoms with Crippen LogP contribution in [0.4, 0.5) is 11.4 Å². The summed E-state index contributed by atoms with van der Waals surface area (Å²) >= 11 is 5.97. The molecule has 2 fully saturated rings. The van der Waals surface area contributed by atoms with Gasteiger partial charge in [-0.3, -0.25) is 14.4 Å². The van der Waals surface area contributed by atoms with Gasteiger partial charge in [0.05, 0.1) is 17.4 Å². The minimum absolute atomic E-state index is 0.265. The van der Waals surface area contributed by atoms with Crippen molar-refractivity contribution in [1.82, 2.24) is 0 Å². The van der Waals surface area contributed by atoms with E-state index in [2.05, 4.69) is 0 Å². The monoisotopic (exact) mass is 418 g/mol. The minimum atomic E-state index is -0.877. The lowest BCUT2D eigenvalue weighted by atomic mass is 9.88. The Balaban J connectivity index is 1.60. The first-order valence-electron chi connectivity index (χ1n) is 9.76. The van der Waals surface area contributed by atoms with Crippen LogP contribution >= 0.6 is 11.6 Å². The van der Waals surface area contributed by atoms with Crippen LogP contribution in [-0.4, -0.2) is 17.9 Å². The normalized spacial score (nSPS) is 23.2. The third-order valence-electron chi connectivity index (χ3n) is 5.72. The summed E-state index contributed by atoms with van der Waals surface area (Å²) in [5, 5.41) is 2.26. The van der Waals surface area contributed by atoms with Crippen molar-refractivity contribution < 1.29 is 14.4 Å². The number of hydrogen-bond acceptors (Lipinski definition) is 4. The number of anilines is 2. The molecule has 0 aromatic heterocycles. The van der Waals surface area contributed by atoms with Gasteiger partial charge in [-0.2, -0.15) is 0 Å². The highest BCUT2D eigenvalue weighted by atomic mass is 35.5. The largest absolute Gasteiger partial charge is 0.273 e. The fourth-order valence-corrected chi connectivity index (χ4v) is 4.42. The fraction of sp³-hybridized carbons (Fsp3) is 0.167. The summed E-state index contributed by atoms with van der Waals surface area (Å²) in [4.78, 5) is 34.1. The molecule has 2 saturated heterocycles. The average molecular weight is 419 g/mol. The number of fused-ring (bicyclic) bond motifs is 1. The second kappa shape index (κ2) is 7.27. The molecular weight excluding hydrogens is 400 g/mol. The van der Waals surface area contributed by atoms with Gasteiger partial charge in [-0.05, 0) is 54.4 Å². The third-order valence-corrected chi connectivity index (χ3v) is 5.97. The number of hydrogen-bond donors (Lipinski definition) is 0. The van der Waals surface area contributed by atoms with Crippen molar-refractivity contribution in [2.24, 2.45) is 5.92 Å². The molecule has 0 radical (unpaired) electrons. The zero-order valence-electron chi connectivity index (χ0n) is 16.2. The summed E-state index contributed by atoms with van der Waals surface area (Å²) in [5.74, 6) is -1.27. The summed E-state index contributed by atoms with van der Waals surface area (Å²) in [6, 6.07) is 23.7. The lowest BCUT2D eigenvalue weighted by Gasteiger charge is -2.29. The van der Waals surface area contributed by atoms with Crippen molar-refractivity contribution in [1.29, 1.82) is 0 Å². The molecule has 30 heavy (non-hydrogen) atoms. The number of rotatable bonds is 3. The molecule has 3 aromatic carbocycles. The maximum Gasteiger partial charge on any atom is 0.266 e. The molecule has 3 atom stereocenters. The van der Waals surface area contributed by atoms with Crippen LogP contribution in [-0.2, 0) is 14.4 Å². The number of carbonyl (C=O) groups excluding carboxylic acids is 2. The lowest BCUT2D eigenvalue weighted by Crippen LogP contribution is -2.37.